The first kappa shape index (κ1) is 10.1. The molecule has 2 fully saturated rings. The zero-order valence-electron chi connectivity index (χ0n) is 8.98. The van der Waals surface area contributed by atoms with Crippen LogP contribution in [0.25, 0.3) is 0 Å². The predicted molar refractivity (Wildman–Crippen MR) is 53.8 cm³/mol. The largest absolute Gasteiger partial charge is 0.383 e. The Balaban J connectivity index is 2.19. The maximum Gasteiger partial charge on any atom is 0.0974 e. The number of ether oxygens (including phenoxy) is 1. The van der Waals surface area contributed by atoms with Gasteiger partial charge in [0.15, 0.2) is 0 Å². The van der Waals surface area contributed by atoms with Crippen molar-refractivity contribution in [1.29, 1.82) is 0 Å². The minimum atomic E-state index is 0.00915. The molecule has 2 rings (SSSR count). The van der Waals surface area contributed by atoms with Crippen molar-refractivity contribution in [2.24, 2.45) is 0 Å². The fraction of sp³-hybridized carbons (Fsp3) is 0.818. The Morgan fingerprint density at radius 3 is 3.07 bits per heavy atom. The highest BCUT2D eigenvalue weighted by atomic mass is 19.1. The summed E-state index contributed by atoms with van der Waals surface area (Å²) in [5.41, 5.74) is 1.10. The van der Waals surface area contributed by atoms with E-state index in [1.54, 1.807) is 14.0 Å². The van der Waals surface area contributed by atoms with Gasteiger partial charge in [-0.15, -0.1) is 0 Å². The van der Waals surface area contributed by atoms with Gasteiger partial charge in [-0.25, -0.2) is 4.39 Å². The zero-order chi connectivity index (χ0) is 10.2. The van der Waals surface area contributed by atoms with Gasteiger partial charge in [0, 0.05) is 19.2 Å². The summed E-state index contributed by atoms with van der Waals surface area (Å²) in [7, 11) is 1.73. The van der Waals surface area contributed by atoms with E-state index in [4.69, 9.17) is 4.74 Å². The van der Waals surface area contributed by atoms with E-state index in [0.29, 0.717) is 0 Å². The molecule has 1 atom stereocenters. The molecule has 0 saturated carbocycles. The van der Waals surface area contributed by atoms with Gasteiger partial charge in [-0.2, -0.15) is 0 Å². The molecule has 0 N–H and O–H groups in total. The zero-order valence-corrected chi connectivity index (χ0v) is 8.98. The minimum absolute atomic E-state index is 0.00915. The van der Waals surface area contributed by atoms with E-state index in [0.717, 1.165) is 38.1 Å². The first-order chi connectivity index (χ1) is 6.68. The molecule has 0 unspecified atom stereocenters. The van der Waals surface area contributed by atoms with Crippen LogP contribution < -0.4 is 0 Å². The third-order valence-corrected chi connectivity index (χ3v) is 3.57. The molecule has 0 aromatic rings. The van der Waals surface area contributed by atoms with E-state index >= 15 is 0 Å². The number of fused-ring (bicyclic) bond motifs is 1. The molecule has 0 aromatic carbocycles. The van der Waals surface area contributed by atoms with Crippen LogP contribution in [0.4, 0.5) is 4.39 Å². The van der Waals surface area contributed by atoms with E-state index in [2.05, 4.69) is 4.90 Å². The molecular formula is C11H18FNO. The molecule has 0 aromatic heterocycles. The van der Waals surface area contributed by atoms with Gasteiger partial charge in [0.1, 0.15) is 0 Å². The lowest BCUT2D eigenvalue weighted by molar-refractivity contribution is 0.0656. The average molecular weight is 199 g/mol. The fourth-order valence-corrected chi connectivity index (χ4v) is 2.84. The summed E-state index contributed by atoms with van der Waals surface area (Å²) < 4.78 is 18.4. The molecule has 2 aliphatic rings. The average Bonchev–Trinajstić information content (AvgIpc) is 2.60. The molecule has 0 spiro atoms. The number of methoxy groups -OCH3 is 1. The summed E-state index contributed by atoms with van der Waals surface area (Å²) in [4.78, 5) is 2.38. The van der Waals surface area contributed by atoms with Crippen molar-refractivity contribution in [3.63, 3.8) is 0 Å². The van der Waals surface area contributed by atoms with Crippen LogP contribution in [0.2, 0.25) is 0 Å². The highest BCUT2D eigenvalue weighted by Gasteiger charge is 2.46. The Kier molecular flexibility index (Phi) is 2.62. The van der Waals surface area contributed by atoms with Gasteiger partial charge >= 0.3 is 0 Å². The number of halogens is 1. The third-order valence-electron chi connectivity index (χ3n) is 3.57. The SMILES string of the molecule is COC[C@@]12CCCN1C/C(=C(/C)F)C2. The van der Waals surface area contributed by atoms with Crippen molar-refractivity contribution >= 4 is 0 Å². The molecule has 3 heteroatoms. The van der Waals surface area contributed by atoms with Crippen LogP contribution >= 0.6 is 0 Å². The van der Waals surface area contributed by atoms with Crippen molar-refractivity contribution in [3.8, 4) is 0 Å². The molecule has 2 nitrogen and oxygen atoms in total. The Morgan fingerprint density at radius 1 is 1.64 bits per heavy atom. The molecule has 80 valence electrons. The van der Waals surface area contributed by atoms with Crippen molar-refractivity contribution in [1.82, 2.24) is 4.90 Å². The topological polar surface area (TPSA) is 12.5 Å². The van der Waals surface area contributed by atoms with Crippen LogP contribution in [0.15, 0.2) is 11.4 Å². The standard InChI is InChI=1S/C11H18FNO/c1-9(12)10-6-11(8-14-2)4-3-5-13(11)7-10/h3-8H2,1-2H3/b10-9-/t11-/m0/s1. The van der Waals surface area contributed by atoms with Crippen molar-refractivity contribution < 1.29 is 9.13 Å². The number of allylic oxidation sites excluding steroid dienone is 1. The van der Waals surface area contributed by atoms with Crippen molar-refractivity contribution in [3.05, 3.63) is 11.4 Å². The quantitative estimate of drug-likeness (QED) is 0.675. The first-order valence-electron chi connectivity index (χ1n) is 5.26. The maximum atomic E-state index is 13.1. The molecule has 0 radical (unpaired) electrons. The smallest absolute Gasteiger partial charge is 0.0974 e. The summed E-state index contributed by atoms with van der Waals surface area (Å²) >= 11 is 0. The number of nitrogens with zero attached hydrogens (tertiary/aromatic N) is 1. The Morgan fingerprint density at radius 2 is 2.43 bits per heavy atom. The number of hydrogen-bond acceptors (Lipinski definition) is 2. The lowest BCUT2D eigenvalue weighted by atomic mass is 9.93. The van der Waals surface area contributed by atoms with Gasteiger partial charge in [-0.3, -0.25) is 4.90 Å². The highest BCUT2D eigenvalue weighted by molar-refractivity contribution is 5.22. The van der Waals surface area contributed by atoms with Crippen molar-refractivity contribution in [2.45, 2.75) is 31.7 Å². The van der Waals surface area contributed by atoms with E-state index < -0.39 is 0 Å². The molecule has 0 aliphatic carbocycles. The first-order valence-corrected chi connectivity index (χ1v) is 5.26. The van der Waals surface area contributed by atoms with Crippen LogP contribution in [0, 0.1) is 0 Å². The van der Waals surface area contributed by atoms with Gasteiger partial charge < -0.3 is 4.74 Å². The van der Waals surface area contributed by atoms with Crippen molar-refractivity contribution in [2.75, 3.05) is 26.8 Å². The highest BCUT2D eigenvalue weighted by Crippen LogP contribution is 2.42. The molecule has 2 heterocycles. The number of hydrogen-bond donors (Lipinski definition) is 0. The lowest BCUT2D eigenvalue weighted by Crippen LogP contribution is -2.42. The lowest BCUT2D eigenvalue weighted by Gasteiger charge is -2.30. The van der Waals surface area contributed by atoms with Crippen LogP contribution in [0.3, 0.4) is 0 Å². The Hall–Kier alpha value is -0.410. The second-order valence-electron chi connectivity index (χ2n) is 4.50. The molecule has 0 amide bonds. The second kappa shape index (κ2) is 3.63. The summed E-state index contributed by atoms with van der Waals surface area (Å²) in [6.07, 6.45) is 3.24. The van der Waals surface area contributed by atoms with Gasteiger partial charge in [0.2, 0.25) is 0 Å². The van der Waals surface area contributed by atoms with Crippen LogP contribution in [0.5, 0.6) is 0 Å². The van der Waals surface area contributed by atoms with Gasteiger partial charge in [0.05, 0.1) is 12.4 Å². The molecule has 0 bridgehead atoms. The van der Waals surface area contributed by atoms with Gasteiger partial charge in [-0.1, -0.05) is 0 Å². The van der Waals surface area contributed by atoms with Crippen LogP contribution in [-0.2, 0) is 4.74 Å². The summed E-state index contributed by atoms with van der Waals surface area (Å²) in [5.74, 6) is 0.00915. The Labute approximate surface area is 84.7 Å². The Bertz CT molecular complexity index is 260. The molecule has 14 heavy (non-hydrogen) atoms. The van der Waals surface area contributed by atoms with Crippen LogP contribution in [0.1, 0.15) is 26.2 Å². The number of rotatable bonds is 2. The van der Waals surface area contributed by atoms with Gasteiger partial charge in [-0.05, 0) is 38.3 Å². The predicted octanol–water partition coefficient (Wildman–Crippen LogP) is 2.11. The normalized spacial score (nSPS) is 36.2. The molecule has 2 saturated heterocycles. The van der Waals surface area contributed by atoms with E-state index in [1.165, 1.54) is 6.42 Å². The summed E-state index contributed by atoms with van der Waals surface area (Å²) in [6.45, 7) is 4.22. The molecule has 2 aliphatic heterocycles. The second-order valence-corrected chi connectivity index (χ2v) is 4.50. The minimum Gasteiger partial charge on any atom is -0.383 e. The maximum absolute atomic E-state index is 13.1. The van der Waals surface area contributed by atoms with Gasteiger partial charge in [0.25, 0.3) is 0 Å². The monoisotopic (exact) mass is 199 g/mol. The summed E-state index contributed by atoms with van der Waals surface area (Å²) in [6, 6.07) is 0. The molecular weight excluding hydrogens is 181 g/mol. The fourth-order valence-electron chi connectivity index (χ4n) is 2.84. The summed E-state index contributed by atoms with van der Waals surface area (Å²) in [5, 5.41) is 0. The van der Waals surface area contributed by atoms with E-state index in [9.17, 15) is 4.39 Å². The van der Waals surface area contributed by atoms with E-state index in [1.807, 2.05) is 0 Å². The van der Waals surface area contributed by atoms with E-state index in [-0.39, 0.29) is 11.4 Å². The van der Waals surface area contributed by atoms with Crippen LogP contribution in [-0.4, -0.2) is 37.2 Å². The third kappa shape index (κ3) is 1.48.